The van der Waals surface area contributed by atoms with Crippen LogP contribution in [0.1, 0.15) is 58.8 Å². The number of carbonyl (C=O) groups is 2. The van der Waals surface area contributed by atoms with Crippen molar-refractivity contribution in [3.8, 4) is 0 Å². The number of hydrogen-bond donors (Lipinski definition) is 1. The van der Waals surface area contributed by atoms with Gasteiger partial charge in [-0.2, -0.15) is 0 Å². The maximum absolute atomic E-state index is 13.0. The molecule has 4 fully saturated rings. The Balaban J connectivity index is 1.71. The lowest BCUT2D eigenvalue weighted by atomic mass is 9.49. The fourth-order valence-electron chi connectivity index (χ4n) is 5.41. The smallest absolute Gasteiger partial charge is 0.328 e. The summed E-state index contributed by atoms with van der Waals surface area (Å²) in [5, 5.41) is 3.02. The third-order valence-electron chi connectivity index (χ3n) is 6.07. The van der Waals surface area contributed by atoms with Gasteiger partial charge in [0.25, 0.3) is 0 Å². The van der Waals surface area contributed by atoms with Gasteiger partial charge in [0.15, 0.2) is 0 Å². The van der Waals surface area contributed by atoms with E-state index in [1.54, 1.807) is 0 Å². The third-order valence-corrected chi connectivity index (χ3v) is 6.07. The van der Waals surface area contributed by atoms with Crippen molar-refractivity contribution in [2.24, 2.45) is 23.2 Å². The zero-order valence-electron chi connectivity index (χ0n) is 14.6. The van der Waals surface area contributed by atoms with Crippen LogP contribution < -0.4 is 5.32 Å². The molecule has 0 heterocycles. The summed E-state index contributed by atoms with van der Waals surface area (Å²) < 4.78 is 4.88. The number of amides is 1. The van der Waals surface area contributed by atoms with Crippen LogP contribution in [0.4, 0.5) is 0 Å². The van der Waals surface area contributed by atoms with Crippen LogP contribution >= 0.6 is 0 Å². The van der Waals surface area contributed by atoms with Crippen molar-refractivity contribution in [2.75, 3.05) is 7.11 Å². The molecule has 0 aliphatic heterocycles. The molecule has 0 spiro atoms. The molecule has 1 N–H and O–H groups in total. The van der Waals surface area contributed by atoms with Gasteiger partial charge in [-0.25, -0.2) is 4.79 Å². The largest absolute Gasteiger partial charge is 0.467 e. The SMILES string of the molecule is COC(=O)[C@@H](CC=C(C)C)NC(=O)C12CC3CC(CC(C3)C1)C2. The quantitative estimate of drug-likeness (QED) is 0.625. The number of allylic oxidation sites excluding steroid dienone is 1. The Hall–Kier alpha value is -1.32. The van der Waals surface area contributed by atoms with E-state index in [4.69, 9.17) is 4.74 Å². The number of nitrogens with one attached hydrogen (secondary N) is 1. The molecule has 0 saturated heterocycles. The van der Waals surface area contributed by atoms with E-state index in [0.29, 0.717) is 6.42 Å². The summed E-state index contributed by atoms with van der Waals surface area (Å²) in [5.41, 5.74) is 0.925. The van der Waals surface area contributed by atoms with Crippen LogP contribution in [0.25, 0.3) is 0 Å². The summed E-state index contributed by atoms with van der Waals surface area (Å²) >= 11 is 0. The van der Waals surface area contributed by atoms with E-state index >= 15 is 0 Å². The van der Waals surface area contributed by atoms with E-state index in [1.165, 1.54) is 26.4 Å². The topological polar surface area (TPSA) is 55.4 Å². The molecule has 0 aromatic carbocycles. The fourth-order valence-corrected chi connectivity index (χ4v) is 5.41. The molecule has 23 heavy (non-hydrogen) atoms. The van der Waals surface area contributed by atoms with Gasteiger partial charge in [-0.3, -0.25) is 4.79 Å². The van der Waals surface area contributed by atoms with Crippen molar-refractivity contribution in [1.82, 2.24) is 5.32 Å². The highest BCUT2D eigenvalue weighted by molar-refractivity contribution is 5.88. The lowest BCUT2D eigenvalue weighted by Gasteiger charge is -2.55. The van der Waals surface area contributed by atoms with E-state index in [0.717, 1.165) is 42.6 Å². The summed E-state index contributed by atoms with van der Waals surface area (Å²) in [4.78, 5) is 25.1. The van der Waals surface area contributed by atoms with Crippen LogP contribution in [0.3, 0.4) is 0 Å². The van der Waals surface area contributed by atoms with E-state index in [-0.39, 0.29) is 17.3 Å². The standard InChI is InChI=1S/C19H29NO3/c1-12(2)4-5-16(17(21)23-3)20-18(22)19-9-13-6-14(10-19)8-15(7-13)11-19/h4,13-16H,5-11H2,1-3H3,(H,20,22)/t13?,14?,15?,16-,19?/m1/s1. The molecule has 1 amide bonds. The molecule has 0 unspecified atom stereocenters. The van der Waals surface area contributed by atoms with E-state index in [9.17, 15) is 9.59 Å². The lowest BCUT2D eigenvalue weighted by Crippen LogP contribution is -2.56. The van der Waals surface area contributed by atoms with Crippen LogP contribution in [-0.4, -0.2) is 25.0 Å². The van der Waals surface area contributed by atoms with Crippen molar-refractivity contribution in [2.45, 2.75) is 64.8 Å². The minimum Gasteiger partial charge on any atom is -0.467 e. The highest BCUT2D eigenvalue weighted by Crippen LogP contribution is 2.60. The van der Waals surface area contributed by atoms with Gasteiger partial charge in [-0.05, 0) is 76.5 Å². The average Bonchev–Trinajstić information content (AvgIpc) is 2.48. The normalized spacial score (nSPS) is 35.5. The Kier molecular flexibility index (Phi) is 4.52. The molecule has 4 bridgehead atoms. The molecule has 4 heteroatoms. The van der Waals surface area contributed by atoms with E-state index in [2.05, 4.69) is 5.32 Å². The molecule has 128 valence electrons. The van der Waals surface area contributed by atoms with Gasteiger partial charge in [0.2, 0.25) is 5.91 Å². The first-order valence-electron chi connectivity index (χ1n) is 8.94. The zero-order valence-corrected chi connectivity index (χ0v) is 14.6. The van der Waals surface area contributed by atoms with Crippen molar-refractivity contribution < 1.29 is 14.3 Å². The number of carbonyl (C=O) groups excluding carboxylic acids is 2. The number of ether oxygens (including phenoxy) is 1. The minimum absolute atomic E-state index is 0.0918. The third kappa shape index (κ3) is 3.31. The van der Waals surface area contributed by atoms with Crippen LogP contribution in [0.2, 0.25) is 0 Å². The molecule has 4 nitrogen and oxygen atoms in total. The Labute approximate surface area is 139 Å². The summed E-state index contributed by atoms with van der Waals surface area (Å²) in [6.07, 6.45) is 9.47. The van der Waals surface area contributed by atoms with Gasteiger partial charge < -0.3 is 10.1 Å². The van der Waals surface area contributed by atoms with Crippen molar-refractivity contribution >= 4 is 11.9 Å². The molecular weight excluding hydrogens is 290 g/mol. The number of rotatable bonds is 5. The lowest BCUT2D eigenvalue weighted by molar-refractivity contribution is -0.152. The molecular formula is C19H29NO3. The van der Waals surface area contributed by atoms with E-state index in [1.807, 2.05) is 19.9 Å². The summed E-state index contributed by atoms with van der Waals surface area (Å²) in [6, 6.07) is -0.560. The maximum atomic E-state index is 13.0. The Bertz CT molecular complexity index is 483. The summed E-state index contributed by atoms with van der Waals surface area (Å²) in [6.45, 7) is 3.99. The highest BCUT2D eigenvalue weighted by atomic mass is 16.5. The minimum atomic E-state index is -0.560. The fraction of sp³-hybridized carbons (Fsp3) is 0.789. The molecule has 4 aliphatic carbocycles. The van der Waals surface area contributed by atoms with Crippen LogP contribution in [0.15, 0.2) is 11.6 Å². The van der Waals surface area contributed by atoms with Gasteiger partial charge >= 0.3 is 5.97 Å². The molecule has 4 rings (SSSR count). The summed E-state index contributed by atoms with van der Waals surface area (Å²) in [7, 11) is 1.38. The van der Waals surface area contributed by atoms with Crippen LogP contribution in [0, 0.1) is 23.2 Å². The second kappa shape index (κ2) is 6.29. The first-order valence-corrected chi connectivity index (χ1v) is 8.94. The Morgan fingerprint density at radius 2 is 1.65 bits per heavy atom. The second-order valence-electron chi connectivity index (χ2n) is 8.26. The number of hydrogen-bond acceptors (Lipinski definition) is 3. The predicted octanol–water partition coefficient (Wildman–Crippen LogP) is 3.22. The predicted molar refractivity (Wildman–Crippen MR) is 88.6 cm³/mol. The summed E-state index contributed by atoms with van der Waals surface area (Å²) in [5.74, 6) is 1.92. The first kappa shape index (κ1) is 16.5. The molecule has 1 atom stereocenters. The molecule has 0 aromatic rings. The number of methoxy groups -OCH3 is 1. The van der Waals surface area contributed by atoms with Gasteiger partial charge in [0.1, 0.15) is 6.04 Å². The van der Waals surface area contributed by atoms with Gasteiger partial charge in [-0.1, -0.05) is 11.6 Å². The molecule has 0 aromatic heterocycles. The molecule has 0 radical (unpaired) electrons. The monoisotopic (exact) mass is 319 g/mol. The van der Waals surface area contributed by atoms with Crippen molar-refractivity contribution in [3.05, 3.63) is 11.6 Å². The molecule has 4 saturated carbocycles. The van der Waals surface area contributed by atoms with Gasteiger partial charge in [0, 0.05) is 5.41 Å². The Morgan fingerprint density at radius 3 is 2.09 bits per heavy atom. The maximum Gasteiger partial charge on any atom is 0.328 e. The van der Waals surface area contributed by atoms with E-state index < -0.39 is 6.04 Å². The second-order valence-corrected chi connectivity index (χ2v) is 8.26. The van der Waals surface area contributed by atoms with Gasteiger partial charge in [0.05, 0.1) is 7.11 Å². The van der Waals surface area contributed by atoms with Crippen LogP contribution in [-0.2, 0) is 14.3 Å². The molecule has 4 aliphatic rings. The van der Waals surface area contributed by atoms with Gasteiger partial charge in [-0.15, -0.1) is 0 Å². The zero-order chi connectivity index (χ0) is 16.6. The van der Waals surface area contributed by atoms with Crippen LogP contribution in [0.5, 0.6) is 0 Å². The highest BCUT2D eigenvalue weighted by Gasteiger charge is 2.54. The van der Waals surface area contributed by atoms with Crippen molar-refractivity contribution in [1.29, 1.82) is 0 Å². The Morgan fingerprint density at radius 1 is 1.13 bits per heavy atom. The van der Waals surface area contributed by atoms with Crippen molar-refractivity contribution in [3.63, 3.8) is 0 Å². The average molecular weight is 319 g/mol. The first-order chi connectivity index (χ1) is 10.9. The number of esters is 1.